The van der Waals surface area contributed by atoms with E-state index in [0.717, 1.165) is 6.42 Å². The summed E-state index contributed by atoms with van der Waals surface area (Å²) in [4.78, 5) is 6.28. The molecule has 108 valence electrons. The van der Waals surface area contributed by atoms with Crippen LogP contribution in [0.1, 0.15) is 6.42 Å². The summed E-state index contributed by atoms with van der Waals surface area (Å²) in [5.74, 6) is 0.340. The number of halogens is 1. The van der Waals surface area contributed by atoms with Crippen molar-refractivity contribution in [1.29, 1.82) is 0 Å². The largest absolute Gasteiger partial charge is 0.330 e. The second-order valence-corrected chi connectivity index (χ2v) is 4.59. The molecule has 21 heavy (non-hydrogen) atoms. The highest BCUT2D eigenvalue weighted by Crippen LogP contribution is 2.26. The normalized spacial score (nSPS) is 11.0. The predicted molar refractivity (Wildman–Crippen MR) is 77.9 cm³/mol. The van der Waals surface area contributed by atoms with Crippen LogP contribution in [0.25, 0.3) is 5.65 Å². The maximum absolute atomic E-state index is 13.5. The summed E-state index contributed by atoms with van der Waals surface area (Å²) in [6, 6.07) is 6.39. The molecule has 0 unspecified atom stereocenters. The van der Waals surface area contributed by atoms with Gasteiger partial charge in [0.1, 0.15) is 12.1 Å². The standard InChI is InChI=1S/C14H15FN6/c15-11-3-1-4-12(9-11)21(7-2-5-16)13-14-19-18-10-20(14)8-6-17-13/h1,3-4,6,8-10H,2,5,7,16H2. The van der Waals surface area contributed by atoms with E-state index in [0.29, 0.717) is 30.2 Å². The zero-order chi connectivity index (χ0) is 14.7. The van der Waals surface area contributed by atoms with Crippen LogP contribution in [0.2, 0.25) is 0 Å². The molecular formula is C14H15FN6. The second kappa shape index (κ2) is 5.84. The average Bonchev–Trinajstić information content (AvgIpc) is 2.97. The van der Waals surface area contributed by atoms with Crippen molar-refractivity contribution in [2.75, 3.05) is 18.0 Å². The molecule has 0 fully saturated rings. The third-order valence-electron chi connectivity index (χ3n) is 3.16. The summed E-state index contributed by atoms with van der Waals surface area (Å²) >= 11 is 0. The lowest BCUT2D eigenvalue weighted by Gasteiger charge is -2.23. The van der Waals surface area contributed by atoms with Crippen LogP contribution in [0, 0.1) is 5.82 Å². The van der Waals surface area contributed by atoms with E-state index in [2.05, 4.69) is 15.2 Å². The van der Waals surface area contributed by atoms with E-state index in [9.17, 15) is 4.39 Å². The van der Waals surface area contributed by atoms with Gasteiger partial charge in [0.15, 0.2) is 5.82 Å². The number of hydrogen-bond acceptors (Lipinski definition) is 5. The molecule has 1 aromatic carbocycles. The van der Waals surface area contributed by atoms with Crippen LogP contribution in [-0.4, -0.2) is 32.7 Å². The minimum atomic E-state index is -0.293. The van der Waals surface area contributed by atoms with Crippen molar-refractivity contribution in [2.24, 2.45) is 5.73 Å². The van der Waals surface area contributed by atoms with Crippen molar-refractivity contribution < 1.29 is 4.39 Å². The molecule has 0 saturated carbocycles. The summed E-state index contributed by atoms with van der Waals surface area (Å²) in [5.41, 5.74) is 6.94. The number of fused-ring (bicyclic) bond motifs is 1. The smallest absolute Gasteiger partial charge is 0.204 e. The first-order valence-electron chi connectivity index (χ1n) is 6.67. The topological polar surface area (TPSA) is 72.3 Å². The van der Waals surface area contributed by atoms with Gasteiger partial charge in [-0.1, -0.05) is 6.07 Å². The van der Waals surface area contributed by atoms with Gasteiger partial charge in [-0.25, -0.2) is 9.37 Å². The minimum Gasteiger partial charge on any atom is -0.330 e. The Morgan fingerprint density at radius 3 is 3.05 bits per heavy atom. The summed E-state index contributed by atoms with van der Waals surface area (Å²) in [7, 11) is 0. The molecule has 2 aromatic heterocycles. The summed E-state index contributed by atoms with van der Waals surface area (Å²) in [5, 5.41) is 7.96. The van der Waals surface area contributed by atoms with Gasteiger partial charge in [0, 0.05) is 24.6 Å². The molecule has 2 N–H and O–H groups in total. The summed E-state index contributed by atoms with van der Waals surface area (Å²) in [6.45, 7) is 1.17. The van der Waals surface area contributed by atoms with Gasteiger partial charge >= 0.3 is 0 Å². The zero-order valence-corrected chi connectivity index (χ0v) is 11.4. The highest BCUT2D eigenvalue weighted by molar-refractivity contribution is 5.71. The van der Waals surface area contributed by atoms with Crippen LogP contribution in [0.5, 0.6) is 0 Å². The van der Waals surface area contributed by atoms with Crippen molar-refractivity contribution in [3.8, 4) is 0 Å². The van der Waals surface area contributed by atoms with Crippen LogP contribution in [-0.2, 0) is 0 Å². The molecule has 0 atom stereocenters. The molecule has 0 aliphatic heterocycles. The maximum Gasteiger partial charge on any atom is 0.204 e. The van der Waals surface area contributed by atoms with Gasteiger partial charge in [0.2, 0.25) is 5.65 Å². The van der Waals surface area contributed by atoms with E-state index in [-0.39, 0.29) is 5.82 Å². The number of nitrogens with two attached hydrogens (primary N) is 1. The molecule has 0 bridgehead atoms. The molecule has 0 aliphatic rings. The molecular weight excluding hydrogens is 271 g/mol. The zero-order valence-electron chi connectivity index (χ0n) is 11.4. The lowest BCUT2D eigenvalue weighted by molar-refractivity contribution is 0.627. The van der Waals surface area contributed by atoms with Gasteiger partial charge in [-0.3, -0.25) is 4.40 Å². The third-order valence-corrected chi connectivity index (χ3v) is 3.16. The molecule has 0 radical (unpaired) electrons. The molecule has 7 heteroatoms. The Morgan fingerprint density at radius 1 is 1.33 bits per heavy atom. The number of benzene rings is 1. The van der Waals surface area contributed by atoms with Crippen molar-refractivity contribution in [3.05, 3.63) is 48.8 Å². The van der Waals surface area contributed by atoms with Crippen LogP contribution in [0.15, 0.2) is 43.0 Å². The first-order valence-corrected chi connectivity index (χ1v) is 6.67. The minimum absolute atomic E-state index is 0.293. The molecule has 0 spiro atoms. The van der Waals surface area contributed by atoms with Gasteiger partial charge in [0.05, 0.1) is 0 Å². The number of aromatic nitrogens is 4. The van der Waals surface area contributed by atoms with Crippen molar-refractivity contribution in [2.45, 2.75) is 6.42 Å². The second-order valence-electron chi connectivity index (χ2n) is 4.59. The van der Waals surface area contributed by atoms with E-state index in [1.165, 1.54) is 12.1 Å². The third kappa shape index (κ3) is 2.68. The quantitative estimate of drug-likeness (QED) is 0.773. The average molecular weight is 286 g/mol. The monoisotopic (exact) mass is 286 g/mol. The van der Waals surface area contributed by atoms with Crippen LogP contribution >= 0.6 is 0 Å². The van der Waals surface area contributed by atoms with Crippen LogP contribution in [0.3, 0.4) is 0 Å². The Bertz CT molecular complexity index is 741. The number of hydrogen-bond donors (Lipinski definition) is 1. The van der Waals surface area contributed by atoms with E-state index in [1.54, 1.807) is 29.2 Å². The Labute approximate surface area is 121 Å². The fourth-order valence-corrected chi connectivity index (χ4v) is 2.19. The van der Waals surface area contributed by atoms with E-state index < -0.39 is 0 Å². The molecule has 0 amide bonds. The molecule has 3 aromatic rings. The highest BCUT2D eigenvalue weighted by atomic mass is 19.1. The van der Waals surface area contributed by atoms with Crippen LogP contribution < -0.4 is 10.6 Å². The lowest BCUT2D eigenvalue weighted by atomic mass is 10.2. The molecule has 3 rings (SSSR count). The maximum atomic E-state index is 13.5. The Morgan fingerprint density at radius 2 is 2.24 bits per heavy atom. The number of rotatable bonds is 5. The highest BCUT2D eigenvalue weighted by Gasteiger charge is 2.15. The molecule has 0 saturated heterocycles. The fraction of sp³-hybridized carbons (Fsp3) is 0.214. The van der Waals surface area contributed by atoms with Crippen LogP contribution in [0.4, 0.5) is 15.9 Å². The van der Waals surface area contributed by atoms with Gasteiger partial charge in [-0.05, 0) is 31.2 Å². The SMILES string of the molecule is NCCCN(c1cccc(F)c1)c1nccn2cnnc12. The van der Waals surface area contributed by atoms with E-state index >= 15 is 0 Å². The van der Waals surface area contributed by atoms with Crippen molar-refractivity contribution in [1.82, 2.24) is 19.6 Å². The first-order chi connectivity index (χ1) is 10.3. The molecule has 0 aliphatic carbocycles. The first kappa shape index (κ1) is 13.4. The molecule has 2 heterocycles. The van der Waals surface area contributed by atoms with Gasteiger partial charge < -0.3 is 10.6 Å². The van der Waals surface area contributed by atoms with E-state index in [1.807, 2.05) is 11.0 Å². The predicted octanol–water partition coefficient (Wildman–Crippen LogP) is 1.75. The van der Waals surface area contributed by atoms with E-state index in [4.69, 9.17) is 5.73 Å². The van der Waals surface area contributed by atoms with Gasteiger partial charge in [0.25, 0.3) is 0 Å². The Hall–Kier alpha value is -2.54. The number of anilines is 2. The molecule has 6 nitrogen and oxygen atoms in total. The van der Waals surface area contributed by atoms with Gasteiger partial charge in [-0.2, -0.15) is 0 Å². The Balaban J connectivity index is 2.08. The van der Waals surface area contributed by atoms with Crippen molar-refractivity contribution >= 4 is 17.2 Å². The fourth-order valence-electron chi connectivity index (χ4n) is 2.19. The number of nitrogens with zero attached hydrogens (tertiary/aromatic N) is 5. The summed E-state index contributed by atoms with van der Waals surface area (Å²) < 4.78 is 15.3. The van der Waals surface area contributed by atoms with Gasteiger partial charge in [-0.15, -0.1) is 10.2 Å². The van der Waals surface area contributed by atoms with Crippen molar-refractivity contribution in [3.63, 3.8) is 0 Å². The Kier molecular flexibility index (Phi) is 3.74. The lowest BCUT2D eigenvalue weighted by Crippen LogP contribution is -2.22. The summed E-state index contributed by atoms with van der Waals surface area (Å²) in [6.07, 6.45) is 5.80.